The number of aryl methyl sites for hydroxylation is 1. The quantitative estimate of drug-likeness (QED) is 0.0811. The highest BCUT2D eigenvalue weighted by molar-refractivity contribution is 5.75. The van der Waals surface area contributed by atoms with Gasteiger partial charge in [0.2, 0.25) is 6.35 Å². The van der Waals surface area contributed by atoms with Crippen molar-refractivity contribution in [1.29, 1.82) is 0 Å². The number of aliphatic imine (C=N–C) groups is 1. The maximum atomic E-state index is 15.2. The summed E-state index contributed by atoms with van der Waals surface area (Å²) in [6.45, 7) is 5.10. The first kappa shape index (κ1) is 32.0. The molecule has 9 N–H and O–H groups in total. The summed E-state index contributed by atoms with van der Waals surface area (Å²) in [6, 6.07) is 11.3. The molecular formula is C30H38F4N8O. The number of aliphatic hydroxyl groups excluding tert-OH is 1. The fraction of sp³-hybridized carbons (Fsp3) is 0.400. The summed E-state index contributed by atoms with van der Waals surface area (Å²) in [7, 11) is 0. The number of nitrogens with one attached hydrogen (secondary N) is 2. The Labute approximate surface area is 247 Å². The second kappa shape index (κ2) is 13.6. The first-order valence-corrected chi connectivity index (χ1v) is 14.1. The summed E-state index contributed by atoms with van der Waals surface area (Å²) in [5.74, 6) is -1.30. The number of benzene rings is 2. The molecule has 1 aromatic heterocycles. The molecule has 1 aliphatic heterocycles. The minimum atomic E-state index is -4.86. The van der Waals surface area contributed by atoms with Crippen LogP contribution in [0.1, 0.15) is 55.8 Å². The Morgan fingerprint density at radius 3 is 2.51 bits per heavy atom. The topological polar surface area (TPSA) is 154 Å². The van der Waals surface area contributed by atoms with Crippen molar-refractivity contribution in [2.45, 2.75) is 64.1 Å². The van der Waals surface area contributed by atoms with Gasteiger partial charge in [-0.25, -0.2) is 9.38 Å². The largest absolute Gasteiger partial charge is 0.419 e. The van der Waals surface area contributed by atoms with Gasteiger partial charge in [0.05, 0.1) is 11.3 Å². The van der Waals surface area contributed by atoms with E-state index in [9.17, 15) is 18.3 Å². The zero-order valence-electron chi connectivity index (χ0n) is 24.1. The summed E-state index contributed by atoms with van der Waals surface area (Å²) in [6.07, 6.45) is -2.24. The van der Waals surface area contributed by atoms with Gasteiger partial charge in [-0.3, -0.25) is 4.99 Å². The monoisotopic (exact) mass is 602 g/mol. The number of anilines is 1. The first-order valence-electron chi connectivity index (χ1n) is 14.1. The Bertz CT molecular complexity index is 1550. The minimum absolute atomic E-state index is 0.0537. The van der Waals surface area contributed by atoms with E-state index in [1.54, 1.807) is 6.20 Å². The molecule has 0 saturated carbocycles. The van der Waals surface area contributed by atoms with Gasteiger partial charge in [-0.2, -0.15) is 13.2 Å². The third-order valence-electron chi connectivity index (χ3n) is 7.22. The van der Waals surface area contributed by atoms with Gasteiger partial charge in [0.1, 0.15) is 11.3 Å². The van der Waals surface area contributed by atoms with E-state index < -0.39 is 23.9 Å². The lowest BCUT2D eigenvalue weighted by Gasteiger charge is -2.25. The molecule has 0 spiro atoms. The van der Waals surface area contributed by atoms with Crippen LogP contribution in [0.4, 0.5) is 23.2 Å². The molecule has 43 heavy (non-hydrogen) atoms. The highest BCUT2D eigenvalue weighted by atomic mass is 19.4. The normalized spacial score (nSPS) is 16.2. The molecule has 3 atom stereocenters. The fourth-order valence-electron chi connectivity index (χ4n) is 4.93. The third kappa shape index (κ3) is 8.12. The van der Waals surface area contributed by atoms with Gasteiger partial charge in [-0.05, 0) is 87.5 Å². The molecule has 0 bridgehead atoms. The Morgan fingerprint density at radius 2 is 1.86 bits per heavy atom. The van der Waals surface area contributed by atoms with Crippen LogP contribution in [0.15, 0.2) is 52.4 Å². The van der Waals surface area contributed by atoms with Crippen LogP contribution in [0.2, 0.25) is 0 Å². The van der Waals surface area contributed by atoms with Gasteiger partial charge in [0, 0.05) is 41.3 Å². The van der Waals surface area contributed by atoms with Crippen molar-refractivity contribution in [1.82, 2.24) is 10.3 Å². The summed E-state index contributed by atoms with van der Waals surface area (Å²) in [5.41, 5.74) is 17.3. The zero-order chi connectivity index (χ0) is 31.3. The lowest BCUT2D eigenvalue weighted by molar-refractivity contribution is -0.140. The Morgan fingerprint density at radius 1 is 1.14 bits per heavy atom. The summed E-state index contributed by atoms with van der Waals surface area (Å²) in [5, 5.41) is 14.7. The Kier molecular flexibility index (Phi) is 10.1. The Balaban J connectivity index is 1.57. The summed E-state index contributed by atoms with van der Waals surface area (Å²) in [4.78, 5) is 12.6. The smallest absolute Gasteiger partial charge is 0.370 e. The summed E-state index contributed by atoms with van der Waals surface area (Å²) < 4.78 is 56.4. The molecule has 2 aromatic carbocycles. The molecule has 232 valence electrons. The van der Waals surface area contributed by atoms with Crippen molar-refractivity contribution in [3.8, 4) is 11.3 Å². The molecule has 2 heterocycles. The molecular weight excluding hydrogens is 564 g/mol. The number of nitrogens with two attached hydrogens (primary N) is 3. The van der Waals surface area contributed by atoms with E-state index in [0.717, 1.165) is 24.6 Å². The van der Waals surface area contributed by atoms with Crippen molar-refractivity contribution < 1.29 is 22.7 Å². The van der Waals surface area contributed by atoms with Crippen LogP contribution in [0.25, 0.3) is 17.5 Å². The second-order valence-electron chi connectivity index (χ2n) is 10.8. The standard InChI is InChI=1S/C30H38F4N8O/c1-17(35)5-3-6-19-13-23(26(31)24(14-19)30(32,33)34)25-15-21-16-42(29(43)41-27(21)40-25)22-9-7-20(8-10-22)18(2)38-11-4-12-39-28(36)37/h7-10,13-18,29,38,43H,3-6,11-12,35H2,1-2H3,(H,40,41)(H4,36,37,39)/t17-,18-,29?/m0/s1. The fourth-order valence-corrected chi connectivity index (χ4v) is 4.93. The number of alkyl halides is 3. The number of nitrogens with zero attached hydrogens (tertiary/aromatic N) is 3. The SMILES string of the molecule is C[C@H](N)CCCc1cc(-c2cc3c([nH]2)=NC(O)N(c2ccc([C@H](C)NCCCN=C(N)N)cc2)C=3)c(F)c(C(F)(F)F)c1. The van der Waals surface area contributed by atoms with E-state index in [1.165, 1.54) is 17.0 Å². The minimum Gasteiger partial charge on any atom is -0.370 e. The van der Waals surface area contributed by atoms with Crippen LogP contribution >= 0.6 is 0 Å². The molecule has 0 saturated heterocycles. The van der Waals surface area contributed by atoms with Gasteiger partial charge in [0.25, 0.3) is 0 Å². The van der Waals surface area contributed by atoms with Crippen LogP contribution in [0.5, 0.6) is 0 Å². The average Bonchev–Trinajstić information content (AvgIpc) is 3.34. The van der Waals surface area contributed by atoms with Crippen LogP contribution in [-0.4, -0.2) is 41.5 Å². The van der Waals surface area contributed by atoms with Crippen LogP contribution < -0.4 is 38.1 Å². The van der Waals surface area contributed by atoms with E-state index in [-0.39, 0.29) is 34.8 Å². The number of fused-ring (bicyclic) bond motifs is 1. The van der Waals surface area contributed by atoms with Gasteiger partial charge >= 0.3 is 6.18 Å². The van der Waals surface area contributed by atoms with Crippen molar-refractivity contribution in [2.24, 2.45) is 27.2 Å². The van der Waals surface area contributed by atoms with Crippen molar-refractivity contribution in [2.75, 3.05) is 18.0 Å². The Hall–Kier alpha value is -3.94. The van der Waals surface area contributed by atoms with E-state index in [2.05, 4.69) is 20.3 Å². The number of aromatic amines is 1. The number of halogens is 4. The predicted octanol–water partition coefficient (Wildman–Crippen LogP) is 2.98. The number of aromatic nitrogens is 1. The number of aliphatic hydroxyl groups is 1. The van der Waals surface area contributed by atoms with Crippen LogP contribution in [0.3, 0.4) is 0 Å². The lowest BCUT2D eigenvalue weighted by atomic mass is 9.98. The van der Waals surface area contributed by atoms with Gasteiger partial charge in [-0.1, -0.05) is 12.1 Å². The highest BCUT2D eigenvalue weighted by Crippen LogP contribution is 2.36. The molecule has 1 aliphatic rings. The highest BCUT2D eigenvalue weighted by Gasteiger charge is 2.36. The van der Waals surface area contributed by atoms with E-state index >= 15 is 4.39 Å². The number of H-pyrrole nitrogens is 1. The second-order valence-corrected chi connectivity index (χ2v) is 10.8. The van der Waals surface area contributed by atoms with E-state index in [1.807, 2.05) is 38.1 Å². The molecule has 13 heteroatoms. The van der Waals surface area contributed by atoms with Crippen molar-refractivity contribution in [3.05, 3.63) is 75.7 Å². The number of hydrogen-bond donors (Lipinski definition) is 6. The third-order valence-corrected chi connectivity index (χ3v) is 7.22. The number of guanidine groups is 1. The molecule has 0 aliphatic carbocycles. The van der Waals surface area contributed by atoms with Gasteiger partial charge < -0.3 is 37.5 Å². The van der Waals surface area contributed by atoms with Crippen LogP contribution in [0, 0.1) is 5.82 Å². The number of hydrogen-bond acceptors (Lipinski definition) is 6. The molecule has 4 rings (SSSR count). The van der Waals surface area contributed by atoms with E-state index in [4.69, 9.17) is 17.2 Å². The van der Waals surface area contributed by atoms with Gasteiger partial charge in [-0.15, -0.1) is 0 Å². The van der Waals surface area contributed by atoms with Crippen LogP contribution in [-0.2, 0) is 12.6 Å². The summed E-state index contributed by atoms with van der Waals surface area (Å²) >= 11 is 0. The molecule has 9 nitrogen and oxygen atoms in total. The lowest BCUT2D eigenvalue weighted by Crippen LogP contribution is -2.41. The van der Waals surface area contributed by atoms with Gasteiger partial charge in [0.15, 0.2) is 5.96 Å². The first-order chi connectivity index (χ1) is 20.3. The maximum absolute atomic E-state index is 15.2. The van der Waals surface area contributed by atoms with Crippen molar-refractivity contribution in [3.63, 3.8) is 0 Å². The average molecular weight is 603 g/mol. The molecule has 0 fully saturated rings. The molecule has 1 unspecified atom stereocenters. The predicted molar refractivity (Wildman–Crippen MR) is 160 cm³/mol. The number of rotatable bonds is 12. The molecule has 3 aromatic rings. The van der Waals surface area contributed by atoms with E-state index in [0.29, 0.717) is 42.3 Å². The zero-order valence-corrected chi connectivity index (χ0v) is 24.1. The van der Waals surface area contributed by atoms with Crippen molar-refractivity contribution >= 4 is 17.8 Å². The molecule has 0 radical (unpaired) electrons. The molecule has 0 amide bonds. The maximum Gasteiger partial charge on any atom is 0.419 e.